The molecule has 1 aromatic carbocycles. The fourth-order valence-electron chi connectivity index (χ4n) is 4.24. The second-order valence-corrected chi connectivity index (χ2v) is 10.8. The van der Waals surface area contributed by atoms with E-state index in [2.05, 4.69) is 5.10 Å². The highest BCUT2D eigenvalue weighted by atomic mass is 32.2. The van der Waals surface area contributed by atoms with Gasteiger partial charge in [-0.05, 0) is 38.0 Å². The zero-order valence-corrected chi connectivity index (χ0v) is 19.2. The maximum Gasteiger partial charge on any atom is 0.425 e. The predicted octanol–water partition coefficient (Wildman–Crippen LogP) is 4.28. The van der Waals surface area contributed by atoms with E-state index in [0.717, 1.165) is 56.0 Å². The summed E-state index contributed by atoms with van der Waals surface area (Å²) in [4.78, 5) is 14.6. The van der Waals surface area contributed by atoms with Gasteiger partial charge in [-0.1, -0.05) is 19.8 Å². The summed E-state index contributed by atoms with van der Waals surface area (Å²) in [5.74, 6) is -1.11. The molecule has 1 amide bonds. The summed E-state index contributed by atoms with van der Waals surface area (Å²) < 4.78 is 70.9. The first-order valence-corrected chi connectivity index (χ1v) is 12.6. The van der Waals surface area contributed by atoms with E-state index < -0.39 is 28.0 Å². The number of carbonyl (C=O) groups is 1. The number of hydrogen-bond acceptors (Lipinski definition) is 5. The highest BCUT2D eigenvalue weighted by molar-refractivity contribution is 7.91. The van der Waals surface area contributed by atoms with Crippen molar-refractivity contribution in [2.75, 3.05) is 5.75 Å². The molecule has 2 aliphatic rings. The van der Waals surface area contributed by atoms with Gasteiger partial charge in [-0.25, -0.2) is 8.42 Å². The normalized spacial score (nSPS) is 17.9. The third-order valence-electron chi connectivity index (χ3n) is 6.27. The van der Waals surface area contributed by atoms with Gasteiger partial charge in [-0.15, -0.1) is 0 Å². The molecule has 0 bridgehead atoms. The Balaban J connectivity index is 1.61. The third-order valence-corrected chi connectivity index (χ3v) is 8.00. The number of amides is 1. The van der Waals surface area contributed by atoms with Gasteiger partial charge in [0.1, 0.15) is 5.75 Å². The fraction of sp³-hybridized carbons (Fsp3) is 0.545. The van der Waals surface area contributed by atoms with Crippen LogP contribution in [0, 0.1) is 0 Å². The number of carbonyl (C=O) groups excluding carboxylic acids is 1. The van der Waals surface area contributed by atoms with Crippen LogP contribution in [-0.2, 0) is 22.9 Å². The monoisotopic (exact) mass is 485 g/mol. The standard InChI is InChI=1S/C22H26F3N3O4S/c1-3-33(30,31)17-8-9-20(32-14(2)22(23,24)25)18(10-17)21(29)27-11-15-12-28(26-19(15)13-27)16-6-4-5-7-16/h8-10,12,14,16H,3-7,11,13H2,1-2H3/t14-/m0/s1. The van der Waals surface area contributed by atoms with Crippen LogP contribution >= 0.6 is 0 Å². The minimum absolute atomic E-state index is 0.135. The molecule has 4 rings (SSSR count). The summed E-state index contributed by atoms with van der Waals surface area (Å²) >= 11 is 0. The van der Waals surface area contributed by atoms with Crippen LogP contribution in [0.3, 0.4) is 0 Å². The lowest BCUT2D eigenvalue weighted by Crippen LogP contribution is -2.33. The molecule has 0 radical (unpaired) electrons. The first-order valence-electron chi connectivity index (χ1n) is 11.0. The van der Waals surface area contributed by atoms with E-state index in [1.54, 1.807) is 0 Å². The van der Waals surface area contributed by atoms with Crippen LogP contribution in [0.25, 0.3) is 0 Å². The first-order chi connectivity index (χ1) is 15.5. The van der Waals surface area contributed by atoms with Crippen molar-refractivity contribution in [3.05, 3.63) is 41.2 Å². The van der Waals surface area contributed by atoms with Gasteiger partial charge in [0.2, 0.25) is 0 Å². The van der Waals surface area contributed by atoms with E-state index in [0.29, 0.717) is 6.04 Å². The molecule has 180 valence electrons. The van der Waals surface area contributed by atoms with Crippen LogP contribution in [0.4, 0.5) is 13.2 Å². The third kappa shape index (κ3) is 4.73. The number of alkyl halides is 3. The van der Waals surface area contributed by atoms with Crippen molar-refractivity contribution in [2.24, 2.45) is 0 Å². The highest BCUT2D eigenvalue weighted by Crippen LogP contribution is 2.34. The molecule has 2 aromatic rings. The minimum Gasteiger partial charge on any atom is -0.480 e. The van der Waals surface area contributed by atoms with Gasteiger partial charge < -0.3 is 9.64 Å². The topological polar surface area (TPSA) is 81.5 Å². The molecule has 0 spiro atoms. The lowest BCUT2D eigenvalue weighted by molar-refractivity contribution is -0.189. The van der Waals surface area contributed by atoms with Crippen LogP contribution in [-0.4, -0.2) is 47.0 Å². The van der Waals surface area contributed by atoms with Gasteiger partial charge in [0.25, 0.3) is 5.91 Å². The molecule has 11 heteroatoms. The Morgan fingerprint density at radius 2 is 1.94 bits per heavy atom. The maximum absolute atomic E-state index is 13.3. The molecule has 1 atom stereocenters. The fourth-order valence-corrected chi connectivity index (χ4v) is 5.15. The Hall–Kier alpha value is -2.56. The van der Waals surface area contributed by atoms with E-state index in [4.69, 9.17) is 4.74 Å². The van der Waals surface area contributed by atoms with Crippen LogP contribution in [0.1, 0.15) is 67.2 Å². The predicted molar refractivity (Wildman–Crippen MR) is 114 cm³/mol. The van der Waals surface area contributed by atoms with Crippen molar-refractivity contribution in [1.29, 1.82) is 0 Å². The molecule has 1 saturated carbocycles. The zero-order valence-electron chi connectivity index (χ0n) is 18.4. The second-order valence-electron chi connectivity index (χ2n) is 8.54. The van der Waals surface area contributed by atoms with Crippen LogP contribution in [0.5, 0.6) is 5.75 Å². The van der Waals surface area contributed by atoms with Gasteiger partial charge in [0, 0.05) is 18.3 Å². The Labute approximate surface area is 190 Å². The molecule has 7 nitrogen and oxygen atoms in total. The van der Waals surface area contributed by atoms with Gasteiger partial charge in [-0.2, -0.15) is 18.3 Å². The summed E-state index contributed by atoms with van der Waals surface area (Å²) in [6.45, 7) is 2.74. The van der Waals surface area contributed by atoms with Gasteiger partial charge in [0.05, 0.1) is 34.5 Å². The molecule has 1 aliphatic heterocycles. The summed E-state index contributed by atoms with van der Waals surface area (Å²) in [7, 11) is -3.67. The van der Waals surface area contributed by atoms with Crippen molar-refractivity contribution in [3.63, 3.8) is 0 Å². The number of aromatic nitrogens is 2. The van der Waals surface area contributed by atoms with E-state index in [-0.39, 0.29) is 35.1 Å². The molecule has 2 heterocycles. The summed E-state index contributed by atoms with van der Waals surface area (Å²) in [5, 5.41) is 4.62. The van der Waals surface area contributed by atoms with Crippen molar-refractivity contribution in [3.8, 4) is 5.75 Å². The Morgan fingerprint density at radius 1 is 1.24 bits per heavy atom. The van der Waals surface area contributed by atoms with Crippen LogP contribution in [0.15, 0.2) is 29.3 Å². The van der Waals surface area contributed by atoms with Crippen molar-refractivity contribution >= 4 is 15.7 Å². The number of nitrogens with zero attached hydrogens (tertiary/aromatic N) is 3. The summed E-state index contributed by atoms with van der Waals surface area (Å²) in [6, 6.07) is 3.75. The second kappa shape index (κ2) is 8.66. The lowest BCUT2D eigenvalue weighted by Gasteiger charge is -2.22. The molecule has 1 aromatic heterocycles. The minimum atomic E-state index is -4.64. The molecule has 0 saturated heterocycles. The highest BCUT2D eigenvalue weighted by Gasteiger charge is 2.39. The Bertz CT molecular complexity index is 1130. The molecule has 0 N–H and O–H groups in total. The average molecular weight is 486 g/mol. The molecule has 33 heavy (non-hydrogen) atoms. The van der Waals surface area contributed by atoms with Gasteiger partial charge in [0.15, 0.2) is 15.9 Å². The number of hydrogen-bond donors (Lipinski definition) is 0. The lowest BCUT2D eigenvalue weighted by atomic mass is 10.1. The number of benzene rings is 1. The number of rotatable bonds is 6. The van der Waals surface area contributed by atoms with Crippen molar-refractivity contribution in [1.82, 2.24) is 14.7 Å². The maximum atomic E-state index is 13.3. The molecule has 1 fully saturated rings. The average Bonchev–Trinajstić information content (AvgIpc) is 3.48. The summed E-state index contributed by atoms with van der Waals surface area (Å²) in [5.41, 5.74) is 1.42. The number of sulfone groups is 1. The number of fused-ring (bicyclic) bond motifs is 1. The van der Waals surface area contributed by atoms with E-state index in [1.807, 2.05) is 10.9 Å². The SMILES string of the molecule is CCS(=O)(=O)c1ccc(O[C@@H](C)C(F)(F)F)c(C(=O)N2Cc3cn(C4CCCC4)nc3C2)c1. The zero-order chi connectivity index (χ0) is 24.0. The van der Waals surface area contributed by atoms with Gasteiger partial charge in [-0.3, -0.25) is 9.48 Å². The van der Waals surface area contributed by atoms with Crippen molar-refractivity contribution in [2.45, 2.75) is 75.8 Å². The quantitative estimate of drug-likeness (QED) is 0.610. The smallest absolute Gasteiger partial charge is 0.425 e. The van der Waals surface area contributed by atoms with E-state index in [9.17, 15) is 26.4 Å². The first kappa shape index (κ1) is 23.6. The molecular weight excluding hydrogens is 459 g/mol. The van der Waals surface area contributed by atoms with Crippen molar-refractivity contribution < 1.29 is 31.1 Å². The molecular formula is C22H26F3N3O4S. The van der Waals surface area contributed by atoms with Crippen LogP contribution < -0.4 is 4.74 Å². The number of halogens is 3. The van der Waals surface area contributed by atoms with E-state index >= 15 is 0 Å². The number of ether oxygens (including phenoxy) is 1. The van der Waals surface area contributed by atoms with Crippen LogP contribution in [0.2, 0.25) is 0 Å². The molecule has 1 aliphatic carbocycles. The Kier molecular flexibility index (Phi) is 6.19. The largest absolute Gasteiger partial charge is 0.480 e. The van der Waals surface area contributed by atoms with E-state index in [1.165, 1.54) is 17.9 Å². The summed E-state index contributed by atoms with van der Waals surface area (Å²) in [6.07, 6.45) is -0.406. The van der Waals surface area contributed by atoms with Gasteiger partial charge >= 0.3 is 6.18 Å². The Morgan fingerprint density at radius 3 is 2.55 bits per heavy atom. The molecule has 0 unspecified atom stereocenters.